The zero-order valence-corrected chi connectivity index (χ0v) is 26.0. The second-order valence-electron chi connectivity index (χ2n) is 15.2. The summed E-state index contributed by atoms with van der Waals surface area (Å²) in [4.78, 5) is 12.5. The Morgan fingerprint density at radius 2 is 1.47 bits per heavy atom. The van der Waals surface area contributed by atoms with Gasteiger partial charge in [-0.25, -0.2) is 0 Å². The molecule has 16 atom stereocenters. The third-order valence-electron chi connectivity index (χ3n) is 12.9. The zero-order valence-electron chi connectivity index (χ0n) is 26.0. The van der Waals surface area contributed by atoms with Crippen LogP contribution in [0.2, 0.25) is 0 Å². The Labute approximate surface area is 262 Å². The maximum atomic E-state index is 12.5. The maximum Gasteiger partial charge on any atom is 0.309 e. The van der Waals surface area contributed by atoms with E-state index in [1.54, 1.807) is 0 Å². The predicted octanol–water partition coefficient (Wildman–Crippen LogP) is -0.197. The Bertz CT molecular complexity index is 1150. The van der Waals surface area contributed by atoms with Gasteiger partial charge in [-0.1, -0.05) is 19.9 Å². The van der Waals surface area contributed by atoms with Crippen molar-refractivity contribution in [2.24, 2.45) is 28.1 Å². The molecule has 256 valence electrons. The quantitative estimate of drug-likeness (QED) is 0.134. The number of aliphatic hydroxyl groups is 7. The second kappa shape index (κ2) is 11.7. The summed E-state index contributed by atoms with van der Waals surface area (Å²) in [6.45, 7) is 7.33. The third-order valence-corrected chi connectivity index (χ3v) is 12.9. The van der Waals surface area contributed by atoms with Crippen LogP contribution in [0.25, 0.3) is 0 Å². The fraction of sp³-hybridized carbons (Fsp3) is 0.906. The van der Waals surface area contributed by atoms with Crippen LogP contribution in [0.3, 0.4) is 0 Å². The lowest BCUT2D eigenvalue weighted by atomic mass is 9.41. The molecule has 8 N–H and O–H groups in total. The summed E-state index contributed by atoms with van der Waals surface area (Å²) >= 11 is 0. The number of hydrogen-bond acceptors (Lipinski definition) is 12. The molecule has 2 bridgehead atoms. The predicted molar refractivity (Wildman–Crippen MR) is 154 cm³/mol. The minimum Gasteiger partial charge on any atom is -0.481 e. The molecule has 2 heterocycles. The summed E-state index contributed by atoms with van der Waals surface area (Å²) in [7, 11) is 0. The van der Waals surface area contributed by atoms with Crippen LogP contribution in [0, 0.1) is 28.1 Å². The van der Waals surface area contributed by atoms with Gasteiger partial charge in [-0.05, 0) is 86.5 Å². The first-order valence-corrected chi connectivity index (χ1v) is 16.3. The second-order valence-corrected chi connectivity index (χ2v) is 15.2. The topological polar surface area (TPSA) is 216 Å². The molecule has 4 aliphatic carbocycles. The lowest BCUT2D eigenvalue weighted by Gasteiger charge is -2.64. The van der Waals surface area contributed by atoms with Gasteiger partial charge in [0, 0.05) is 0 Å². The molecular formula is C32H50O13. The summed E-state index contributed by atoms with van der Waals surface area (Å²) in [5, 5.41) is 82.8. The van der Waals surface area contributed by atoms with Crippen LogP contribution in [0.4, 0.5) is 0 Å². The van der Waals surface area contributed by atoms with Crippen LogP contribution in [0.5, 0.6) is 0 Å². The highest BCUT2D eigenvalue weighted by atomic mass is 16.8. The van der Waals surface area contributed by atoms with Gasteiger partial charge >= 0.3 is 5.97 Å². The van der Waals surface area contributed by atoms with Gasteiger partial charge in [0.2, 0.25) is 0 Å². The number of carboxylic acid groups (broad SMARTS) is 1. The van der Waals surface area contributed by atoms with Crippen molar-refractivity contribution in [3.8, 4) is 0 Å². The van der Waals surface area contributed by atoms with Gasteiger partial charge in [0.05, 0.1) is 24.2 Å². The number of rotatable bonds is 7. The van der Waals surface area contributed by atoms with E-state index in [0.29, 0.717) is 25.7 Å². The number of carboxylic acids is 1. The molecule has 45 heavy (non-hydrogen) atoms. The van der Waals surface area contributed by atoms with Gasteiger partial charge in [0.1, 0.15) is 48.8 Å². The highest BCUT2D eigenvalue weighted by Gasteiger charge is 2.69. The Balaban J connectivity index is 1.26. The molecule has 13 heteroatoms. The van der Waals surface area contributed by atoms with E-state index >= 15 is 0 Å². The van der Waals surface area contributed by atoms with E-state index in [2.05, 4.69) is 13.5 Å². The minimum atomic E-state index is -1.76. The van der Waals surface area contributed by atoms with Gasteiger partial charge in [-0.3, -0.25) is 4.79 Å². The summed E-state index contributed by atoms with van der Waals surface area (Å²) in [6.07, 6.45) is -8.44. The average Bonchev–Trinajstić information content (AvgIpc) is 3.19. The number of hydrogen-bond donors (Lipinski definition) is 8. The maximum absolute atomic E-state index is 12.5. The van der Waals surface area contributed by atoms with E-state index in [1.165, 1.54) is 0 Å². The van der Waals surface area contributed by atoms with Crippen molar-refractivity contribution >= 4 is 5.97 Å². The van der Waals surface area contributed by atoms with E-state index in [1.807, 2.05) is 6.92 Å². The SMILES string of the molecule is C=C1C[C@@]23CC[C@H]4[C@@](C)(CCC[C@@]4(C)C(=O)O)[C@@H]2CC[C@]1(O[C@@H]1O[C@H](CO)[C@@H](O)[C@H](O)[C@H]1OC1O[C@H](CO)[C@@H](O)[C@H](O)[C@H]1O)C3. The molecule has 0 amide bonds. The molecule has 2 saturated heterocycles. The fourth-order valence-electron chi connectivity index (χ4n) is 10.6. The van der Waals surface area contributed by atoms with Crippen molar-refractivity contribution in [3.63, 3.8) is 0 Å². The van der Waals surface area contributed by atoms with E-state index < -0.39 is 91.6 Å². The number of aliphatic hydroxyl groups excluding tert-OH is 7. The molecule has 1 spiro atoms. The third kappa shape index (κ3) is 5.04. The van der Waals surface area contributed by atoms with Crippen molar-refractivity contribution in [1.82, 2.24) is 0 Å². The number of fused-ring (bicyclic) bond motifs is 3. The van der Waals surface area contributed by atoms with Gasteiger partial charge in [0.25, 0.3) is 0 Å². The molecule has 2 aliphatic heterocycles. The van der Waals surface area contributed by atoms with Crippen LogP contribution in [0.1, 0.15) is 71.6 Å². The summed E-state index contributed by atoms with van der Waals surface area (Å²) in [5.74, 6) is -0.392. The molecule has 6 aliphatic rings. The van der Waals surface area contributed by atoms with E-state index in [-0.39, 0.29) is 22.7 Å². The van der Waals surface area contributed by atoms with E-state index in [9.17, 15) is 45.6 Å². The Kier molecular flexibility index (Phi) is 8.77. The largest absolute Gasteiger partial charge is 0.481 e. The number of carbonyl (C=O) groups is 1. The molecule has 4 saturated carbocycles. The summed E-state index contributed by atoms with van der Waals surface area (Å²) in [5.41, 5.74) is -1.10. The van der Waals surface area contributed by atoms with Gasteiger partial charge < -0.3 is 59.8 Å². The monoisotopic (exact) mass is 642 g/mol. The van der Waals surface area contributed by atoms with E-state index in [0.717, 1.165) is 37.7 Å². The van der Waals surface area contributed by atoms with Crippen molar-refractivity contribution in [1.29, 1.82) is 0 Å². The van der Waals surface area contributed by atoms with Crippen LogP contribution >= 0.6 is 0 Å². The summed E-state index contributed by atoms with van der Waals surface area (Å²) in [6, 6.07) is 0. The standard InChI is InChI=1S/C32H50O13/c1-15-11-31-9-5-18-29(2,7-4-8-30(18,3)28(40)41)19(31)6-10-32(15,14-31)45-27-25(23(38)21(36)17(13-34)43-27)44-26-24(39)22(37)20(35)16(12-33)42-26/h16-27,33-39H,1,4-14H2,2-3H3,(H,40,41)/t16-,17-,18+,19+,20-,21-,22+,23+,24-,25-,26?,27+,29-,30-,31-,32+/m1/s1. The van der Waals surface area contributed by atoms with Crippen molar-refractivity contribution in [2.75, 3.05) is 13.2 Å². The van der Waals surface area contributed by atoms with Crippen molar-refractivity contribution < 1.29 is 64.6 Å². The lowest BCUT2D eigenvalue weighted by molar-refractivity contribution is -0.378. The molecule has 6 rings (SSSR count). The van der Waals surface area contributed by atoms with Crippen molar-refractivity contribution in [3.05, 3.63) is 12.2 Å². The first-order chi connectivity index (χ1) is 21.2. The molecule has 13 nitrogen and oxygen atoms in total. The van der Waals surface area contributed by atoms with Crippen LogP contribution in [-0.2, 0) is 23.7 Å². The van der Waals surface area contributed by atoms with E-state index in [4.69, 9.17) is 18.9 Å². The number of aliphatic carboxylic acids is 1. The molecule has 0 radical (unpaired) electrons. The number of ether oxygens (including phenoxy) is 4. The van der Waals surface area contributed by atoms with Crippen LogP contribution < -0.4 is 0 Å². The molecular weight excluding hydrogens is 592 g/mol. The molecule has 1 unspecified atom stereocenters. The Hall–Kier alpha value is -1.23. The molecule has 0 aromatic heterocycles. The van der Waals surface area contributed by atoms with Crippen LogP contribution in [0.15, 0.2) is 12.2 Å². The van der Waals surface area contributed by atoms with Gasteiger partial charge in [-0.2, -0.15) is 0 Å². The smallest absolute Gasteiger partial charge is 0.309 e. The minimum absolute atomic E-state index is 0.0640. The first kappa shape index (κ1) is 33.7. The zero-order chi connectivity index (χ0) is 32.7. The normalized spacial score (nSPS) is 54.7. The van der Waals surface area contributed by atoms with Crippen LogP contribution in [-0.4, -0.2) is 127 Å². The lowest BCUT2D eigenvalue weighted by Crippen LogP contribution is -2.65. The highest BCUT2D eigenvalue weighted by molar-refractivity contribution is 5.75. The van der Waals surface area contributed by atoms with Gasteiger partial charge in [-0.15, -0.1) is 0 Å². The van der Waals surface area contributed by atoms with Gasteiger partial charge in [0.15, 0.2) is 12.6 Å². The Morgan fingerprint density at radius 3 is 2.11 bits per heavy atom. The average molecular weight is 643 g/mol. The first-order valence-electron chi connectivity index (χ1n) is 16.3. The molecule has 0 aromatic rings. The van der Waals surface area contributed by atoms with Crippen molar-refractivity contribution in [2.45, 2.75) is 139 Å². The highest BCUT2D eigenvalue weighted by Crippen LogP contribution is 2.73. The summed E-state index contributed by atoms with van der Waals surface area (Å²) < 4.78 is 24.1. The molecule has 6 fully saturated rings. The fourth-order valence-corrected chi connectivity index (χ4v) is 10.6. The molecule has 0 aromatic carbocycles. The Morgan fingerprint density at radius 1 is 0.844 bits per heavy atom.